The topological polar surface area (TPSA) is 81.9 Å². The summed E-state index contributed by atoms with van der Waals surface area (Å²) >= 11 is 1.31. The Morgan fingerprint density at radius 1 is 1.17 bits per heavy atom. The number of nitrogens with one attached hydrogen (secondary N) is 1. The summed E-state index contributed by atoms with van der Waals surface area (Å²) in [5.41, 5.74) is 3.17. The van der Waals surface area contributed by atoms with Crippen molar-refractivity contribution in [3.63, 3.8) is 0 Å². The van der Waals surface area contributed by atoms with E-state index < -0.39 is 0 Å². The summed E-state index contributed by atoms with van der Waals surface area (Å²) in [5, 5.41) is 15.4. The highest BCUT2D eigenvalue weighted by Gasteiger charge is 2.11. The van der Waals surface area contributed by atoms with E-state index in [0.29, 0.717) is 11.7 Å². The molecule has 152 valence electrons. The van der Waals surface area contributed by atoms with Crippen LogP contribution in [0.3, 0.4) is 0 Å². The Morgan fingerprint density at radius 2 is 2.00 bits per heavy atom. The summed E-state index contributed by atoms with van der Waals surface area (Å²) in [7, 11) is 1.62. The molecule has 1 heterocycles. The molecule has 0 spiro atoms. The minimum absolute atomic E-state index is 0.0812. The Morgan fingerprint density at radius 3 is 2.76 bits per heavy atom. The first-order chi connectivity index (χ1) is 14.2. The average molecular weight is 412 g/mol. The zero-order valence-corrected chi connectivity index (χ0v) is 17.5. The molecule has 0 aliphatic rings. The zero-order chi connectivity index (χ0) is 20.5. The Balaban J connectivity index is 1.53. The van der Waals surface area contributed by atoms with Crippen molar-refractivity contribution < 1.29 is 9.53 Å². The Hall–Kier alpha value is -2.87. The number of aryl methyl sites for hydroxylation is 1. The van der Waals surface area contributed by atoms with Crippen molar-refractivity contribution >= 4 is 17.7 Å². The fraction of sp³-hybridized carbons (Fsp3) is 0.333. The van der Waals surface area contributed by atoms with Gasteiger partial charge < -0.3 is 10.1 Å². The molecule has 29 heavy (non-hydrogen) atoms. The van der Waals surface area contributed by atoms with Gasteiger partial charge in [0.1, 0.15) is 5.75 Å². The van der Waals surface area contributed by atoms with E-state index in [2.05, 4.69) is 39.9 Å². The fourth-order valence-electron chi connectivity index (χ4n) is 2.78. The number of unbranched alkanes of at least 4 members (excludes halogenated alkanes) is 1. The number of tetrazole rings is 1. The first kappa shape index (κ1) is 20.9. The molecule has 0 fully saturated rings. The summed E-state index contributed by atoms with van der Waals surface area (Å²) in [6, 6.07) is 15.8. The SMILES string of the molecule is CCCCc1ccc(-n2nnnc2SCC(=O)NCc2cccc(OC)c2)cc1. The lowest BCUT2D eigenvalue weighted by Crippen LogP contribution is -2.24. The van der Waals surface area contributed by atoms with E-state index in [9.17, 15) is 4.79 Å². The summed E-state index contributed by atoms with van der Waals surface area (Å²) in [6.45, 7) is 2.63. The van der Waals surface area contributed by atoms with Crippen molar-refractivity contribution in [1.82, 2.24) is 25.5 Å². The van der Waals surface area contributed by atoms with Gasteiger partial charge in [-0.2, -0.15) is 4.68 Å². The summed E-state index contributed by atoms with van der Waals surface area (Å²) in [4.78, 5) is 12.2. The molecule has 7 nitrogen and oxygen atoms in total. The minimum Gasteiger partial charge on any atom is -0.497 e. The van der Waals surface area contributed by atoms with Crippen LogP contribution in [0, 0.1) is 0 Å². The number of hydrogen-bond acceptors (Lipinski definition) is 6. The molecule has 0 radical (unpaired) electrons. The Kier molecular flexibility index (Phi) is 7.63. The van der Waals surface area contributed by atoms with Gasteiger partial charge in [-0.25, -0.2) is 0 Å². The standard InChI is InChI=1S/C21H25N5O2S/c1-3-4-6-16-9-11-18(12-10-16)26-21(23-24-25-26)29-15-20(27)22-14-17-7-5-8-19(13-17)28-2/h5,7-13H,3-4,6,14-15H2,1-2H3,(H,22,27). The third-order valence-corrected chi connectivity index (χ3v) is 5.32. The van der Waals surface area contributed by atoms with E-state index in [1.54, 1.807) is 11.8 Å². The predicted octanol–water partition coefficient (Wildman–Crippen LogP) is 3.42. The highest BCUT2D eigenvalue weighted by molar-refractivity contribution is 7.99. The first-order valence-electron chi connectivity index (χ1n) is 9.59. The Labute approximate surface area is 174 Å². The molecule has 0 atom stereocenters. The molecule has 3 aromatic rings. The van der Waals surface area contributed by atoms with Gasteiger partial charge in [-0.3, -0.25) is 4.79 Å². The van der Waals surface area contributed by atoms with Gasteiger partial charge in [0.15, 0.2) is 0 Å². The van der Waals surface area contributed by atoms with Crippen LogP contribution in [0.4, 0.5) is 0 Å². The molecule has 0 saturated carbocycles. The average Bonchev–Trinajstić information content (AvgIpc) is 3.24. The molecule has 1 N–H and O–H groups in total. The zero-order valence-electron chi connectivity index (χ0n) is 16.7. The lowest BCUT2D eigenvalue weighted by atomic mass is 10.1. The molecule has 2 aromatic carbocycles. The number of carbonyl (C=O) groups is 1. The van der Waals surface area contributed by atoms with E-state index >= 15 is 0 Å². The maximum Gasteiger partial charge on any atom is 0.230 e. The van der Waals surface area contributed by atoms with Crippen LogP contribution in [0.25, 0.3) is 5.69 Å². The van der Waals surface area contributed by atoms with Crippen molar-refractivity contribution in [2.24, 2.45) is 0 Å². The van der Waals surface area contributed by atoms with E-state index in [1.165, 1.54) is 30.2 Å². The number of carbonyl (C=O) groups excluding carboxylic acids is 1. The number of aromatic nitrogens is 4. The first-order valence-corrected chi connectivity index (χ1v) is 10.6. The molecule has 0 saturated heterocycles. The number of ether oxygens (including phenoxy) is 1. The number of benzene rings is 2. The van der Waals surface area contributed by atoms with Crippen LogP contribution in [0.5, 0.6) is 5.75 Å². The van der Waals surface area contributed by atoms with Crippen LogP contribution in [0.1, 0.15) is 30.9 Å². The highest BCUT2D eigenvalue weighted by Crippen LogP contribution is 2.19. The maximum absolute atomic E-state index is 12.2. The van der Waals surface area contributed by atoms with Gasteiger partial charge in [0.2, 0.25) is 11.1 Å². The van der Waals surface area contributed by atoms with Gasteiger partial charge in [0, 0.05) is 6.54 Å². The van der Waals surface area contributed by atoms with Crippen LogP contribution >= 0.6 is 11.8 Å². The van der Waals surface area contributed by atoms with Crippen molar-refractivity contribution in [2.45, 2.75) is 37.9 Å². The molecular weight excluding hydrogens is 386 g/mol. The number of thioether (sulfide) groups is 1. The number of methoxy groups -OCH3 is 1. The normalized spacial score (nSPS) is 10.7. The molecular formula is C21H25N5O2S. The van der Waals surface area contributed by atoms with E-state index in [0.717, 1.165) is 23.4 Å². The molecule has 0 aliphatic carbocycles. The molecule has 0 aliphatic heterocycles. The lowest BCUT2D eigenvalue weighted by Gasteiger charge is -2.08. The van der Waals surface area contributed by atoms with E-state index in [-0.39, 0.29) is 11.7 Å². The molecule has 0 unspecified atom stereocenters. The van der Waals surface area contributed by atoms with Crippen LogP contribution in [0.2, 0.25) is 0 Å². The largest absolute Gasteiger partial charge is 0.497 e. The van der Waals surface area contributed by atoms with Crippen molar-refractivity contribution in [3.05, 3.63) is 59.7 Å². The Bertz CT molecular complexity index is 927. The van der Waals surface area contributed by atoms with Crippen molar-refractivity contribution in [2.75, 3.05) is 12.9 Å². The molecule has 0 bridgehead atoms. The molecule has 1 amide bonds. The van der Waals surface area contributed by atoms with E-state index in [4.69, 9.17) is 4.74 Å². The van der Waals surface area contributed by atoms with Gasteiger partial charge >= 0.3 is 0 Å². The van der Waals surface area contributed by atoms with Gasteiger partial charge in [0.25, 0.3) is 0 Å². The third-order valence-electron chi connectivity index (χ3n) is 4.40. The third kappa shape index (κ3) is 6.05. The van der Waals surface area contributed by atoms with Gasteiger partial charge in [-0.05, 0) is 58.7 Å². The second-order valence-corrected chi connectivity index (χ2v) is 7.50. The number of hydrogen-bond donors (Lipinski definition) is 1. The predicted molar refractivity (Wildman–Crippen MR) is 113 cm³/mol. The monoisotopic (exact) mass is 411 g/mol. The maximum atomic E-state index is 12.2. The van der Waals surface area contributed by atoms with Gasteiger partial charge in [-0.15, -0.1) is 5.10 Å². The second kappa shape index (κ2) is 10.6. The number of rotatable bonds is 10. The van der Waals surface area contributed by atoms with Gasteiger partial charge in [0.05, 0.1) is 18.6 Å². The number of nitrogens with zero attached hydrogens (tertiary/aromatic N) is 4. The smallest absolute Gasteiger partial charge is 0.230 e. The van der Waals surface area contributed by atoms with Gasteiger partial charge in [-0.1, -0.05) is 49.4 Å². The molecule has 3 rings (SSSR count). The number of amides is 1. The highest BCUT2D eigenvalue weighted by atomic mass is 32.2. The van der Waals surface area contributed by atoms with Crippen molar-refractivity contribution in [3.8, 4) is 11.4 Å². The minimum atomic E-state index is -0.0812. The van der Waals surface area contributed by atoms with Crippen molar-refractivity contribution in [1.29, 1.82) is 0 Å². The second-order valence-electron chi connectivity index (χ2n) is 6.56. The van der Waals surface area contributed by atoms with E-state index in [1.807, 2.05) is 36.4 Å². The van der Waals surface area contributed by atoms with Crippen LogP contribution in [-0.2, 0) is 17.8 Å². The summed E-state index contributed by atoms with van der Waals surface area (Å²) in [6.07, 6.45) is 3.42. The summed E-state index contributed by atoms with van der Waals surface area (Å²) < 4.78 is 6.85. The van der Waals surface area contributed by atoms with Crippen LogP contribution in [0.15, 0.2) is 53.7 Å². The summed E-state index contributed by atoms with van der Waals surface area (Å²) in [5.74, 6) is 0.923. The quantitative estimate of drug-likeness (QED) is 0.515. The lowest BCUT2D eigenvalue weighted by molar-refractivity contribution is -0.118. The molecule has 8 heteroatoms. The van der Waals surface area contributed by atoms with Crippen LogP contribution in [-0.4, -0.2) is 39.0 Å². The molecule has 1 aromatic heterocycles. The van der Waals surface area contributed by atoms with Crippen LogP contribution < -0.4 is 10.1 Å². The fourth-order valence-corrected chi connectivity index (χ4v) is 3.50.